The number of anilines is 1. The average molecular weight is 542 g/mol. The second-order valence-corrected chi connectivity index (χ2v) is 15.9. The van der Waals surface area contributed by atoms with E-state index in [2.05, 4.69) is 94.9 Å². The molecule has 1 aliphatic heterocycles. The highest BCUT2D eigenvalue weighted by atomic mass is 28.4. The molecule has 206 valence electrons. The summed E-state index contributed by atoms with van der Waals surface area (Å²) in [7, 11) is -2.83. The van der Waals surface area contributed by atoms with Crippen molar-refractivity contribution >= 4 is 30.3 Å². The molecule has 0 spiro atoms. The topological polar surface area (TPSA) is 38.8 Å². The van der Waals surface area contributed by atoms with Crippen LogP contribution < -0.4 is 15.3 Å². The first-order valence-corrected chi connectivity index (χ1v) is 16.0. The molecule has 3 aromatic carbocycles. The van der Waals surface area contributed by atoms with E-state index >= 15 is 0 Å². The van der Waals surface area contributed by atoms with E-state index in [-0.39, 0.29) is 23.0 Å². The summed E-state index contributed by atoms with van der Waals surface area (Å²) in [5.74, 6) is -0.0589. The lowest BCUT2D eigenvalue weighted by Gasteiger charge is -2.48. The zero-order chi connectivity index (χ0) is 28.0. The van der Waals surface area contributed by atoms with Crippen LogP contribution in [0.3, 0.4) is 0 Å². The molecule has 39 heavy (non-hydrogen) atoms. The molecule has 0 aliphatic carbocycles. The van der Waals surface area contributed by atoms with E-state index in [4.69, 9.17) is 9.16 Å². The first-order chi connectivity index (χ1) is 18.7. The van der Waals surface area contributed by atoms with Gasteiger partial charge in [-0.25, -0.2) is 0 Å². The standard InChI is InChI=1S/C34H43NO3Si/c1-7-8-11-18-26(2)32(36)35-31-24-17-16-19-28(31)25-37-33(35)27(3)38-39(34(4,5)6,29-20-12-9-13-21-29)30-22-14-10-15-23-30/h7,9-10,12-17,19-24,26-27,33H,1,8,11,18,25H2,2-6H3/t26-,27-,33+/m0/s1. The molecule has 4 rings (SSSR count). The Hall–Kier alpha value is -2.99. The van der Waals surface area contributed by atoms with Crippen LogP contribution in [0.2, 0.25) is 5.04 Å². The number of hydrogen-bond acceptors (Lipinski definition) is 3. The number of allylic oxidation sites excluding steroid dienone is 1. The third-order valence-electron chi connectivity index (χ3n) is 7.80. The number of ether oxygens (including phenoxy) is 1. The van der Waals surface area contributed by atoms with Gasteiger partial charge in [0.25, 0.3) is 8.32 Å². The molecule has 0 bridgehead atoms. The number of hydrogen-bond donors (Lipinski definition) is 0. The highest BCUT2D eigenvalue weighted by molar-refractivity contribution is 6.99. The van der Waals surface area contributed by atoms with Crippen molar-refractivity contribution < 1.29 is 14.0 Å². The fourth-order valence-corrected chi connectivity index (χ4v) is 10.5. The van der Waals surface area contributed by atoms with Crippen molar-refractivity contribution in [3.05, 3.63) is 103 Å². The third kappa shape index (κ3) is 5.96. The number of unbranched alkanes of at least 4 members (excludes halogenated alkanes) is 1. The van der Waals surface area contributed by atoms with Crippen LogP contribution in [-0.2, 0) is 20.6 Å². The third-order valence-corrected chi connectivity index (χ3v) is 12.9. The summed E-state index contributed by atoms with van der Waals surface area (Å²) >= 11 is 0. The van der Waals surface area contributed by atoms with E-state index in [0.717, 1.165) is 30.5 Å². The molecular formula is C34H43NO3Si. The number of fused-ring (bicyclic) bond motifs is 1. The van der Waals surface area contributed by atoms with Gasteiger partial charge in [-0.15, -0.1) is 6.58 Å². The minimum Gasteiger partial charge on any atom is -0.400 e. The second kappa shape index (κ2) is 12.5. The van der Waals surface area contributed by atoms with Crippen molar-refractivity contribution in [2.45, 2.75) is 77.9 Å². The fourth-order valence-electron chi connectivity index (χ4n) is 5.80. The monoisotopic (exact) mass is 541 g/mol. The van der Waals surface area contributed by atoms with Gasteiger partial charge in [0.05, 0.1) is 18.4 Å². The number of carbonyl (C=O) groups excluding carboxylic acids is 1. The molecule has 0 saturated carbocycles. The number of rotatable bonds is 10. The van der Waals surface area contributed by atoms with Crippen LogP contribution in [0, 0.1) is 5.92 Å². The molecule has 1 amide bonds. The zero-order valence-corrected chi connectivity index (χ0v) is 25.1. The van der Waals surface area contributed by atoms with Gasteiger partial charge in [-0.3, -0.25) is 9.69 Å². The number of amides is 1. The summed E-state index contributed by atoms with van der Waals surface area (Å²) in [6.45, 7) is 15.2. The van der Waals surface area contributed by atoms with E-state index in [0.29, 0.717) is 6.61 Å². The summed E-state index contributed by atoms with van der Waals surface area (Å²) < 4.78 is 13.9. The number of benzene rings is 3. The first-order valence-electron chi connectivity index (χ1n) is 14.1. The first kappa shape index (κ1) is 29.0. The molecule has 0 aromatic heterocycles. The van der Waals surface area contributed by atoms with Gasteiger partial charge in [0.2, 0.25) is 5.91 Å². The predicted molar refractivity (Wildman–Crippen MR) is 164 cm³/mol. The van der Waals surface area contributed by atoms with Crippen LogP contribution in [-0.4, -0.2) is 26.6 Å². The van der Waals surface area contributed by atoms with E-state index in [1.807, 2.05) is 42.2 Å². The molecule has 5 heteroatoms. The van der Waals surface area contributed by atoms with Crippen LogP contribution in [0.15, 0.2) is 97.6 Å². The second-order valence-electron chi connectivity index (χ2n) is 11.6. The lowest BCUT2D eigenvalue weighted by atomic mass is 10.00. The van der Waals surface area contributed by atoms with Gasteiger partial charge in [0.1, 0.15) is 0 Å². The van der Waals surface area contributed by atoms with Gasteiger partial charge < -0.3 is 9.16 Å². The lowest BCUT2D eigenvalue weighted by Crippen LogP contribution is -2.69. The quantitative estimate of drug-likeness (QED) is 0.160. The van der Waals surface area contributed by atoms with Crippen molar-refractivity contribution in [1.29, 1.82) is 0 Å². The summed E-state index contributed by atoms with van der Waals surface area (Å²) in [5, 5.41) is 2.24. The highest BCUT2D eigenvalue weighted by Gasteiger charge is 2.52. The summed E-state index contributed by atoms with van der Waals surface area (Å²) in [6, 6.07) is 29.3. The van der Waals surface area contributed by atoms with Gasteiger partial charge >= 0.3 is 0 Å². The van der Waals surface area contributed by atoms with Crippen LogP contribution in [0.25, 0.3) is 0 Å². The van der Waals surface area contributed by atoms with E-state index in [1.165, 1.54) is 10.4 Å². The van der Waals surface area contributed by atoms with Gasteiger partial charge in [-0.2, -0.15) is 0 Å². The van der Waals surface area contributed by atoms with Gasteiger partial charge in [-0.1, -0.05) is 113 Å². The largest absolute Gasteiger partial charge is 0.400 e. The molecule has 0 unspecified atom stereocenters. The Kier molecular flexibility index (Phi) is 9.26. The Balaban J connectivity index is 1.77. The van der Waals surface area contributed by atoms with Crippen molar-refractivity contribution in [1.82, 2.24) is 0 Å². The Morgan fingerprint density at radius 1 is 1.00 bits per heavy atom. The van der Waals surface area contributed by atoms with E-state index in [1.54, 1.807) is 0 Å². The van der Waals surface area contributed by atoms with Crippen LogP contribution >= 0.6 is 0 Å². The fraction of sp³-hybridized carbons (Fsp3) is 0.382. The molecule has 1 heterocycles. The maximum absolute atomic E-state index is 14.0. The normalized spacial score (nSPS) is 17.3. The minimum absolute atomic E-state index is 0.0779. The smallest absolute Gasteiger partial charge is 0.261 e. The highest BCUT2D eigenvalue weighted by Crippen LogP contribution is 2.40. The van der Waals surface area contributed by atoms with E-state index in [9.17, 15) is 4.79 Å². The zero-order valence-electron chi connectivity index (χ0n) is 24.1. The van der Waals surface area contributed by atoms with E-state index < -0.39 is 14.5 Å². The summed E-state index contributed by atoms with van der Waals surface area (Å²) in [4.78, 5) is 15.9. The van der Waals surface area contributed by atoms with Crippen LogP contribution in [0.1, 0.15) is 59.4 Å². The average Bonchev–Trinajstić information content (AvgIpc) is 2.95. The molecule has 0 fully saturated rings. The van der Waals surface area contributed by atoms with Gasteiger partial charge in [0.15, 0.2) is 6.23 Å². The van der Waals surface area contributed by atoms with Crippen molar-refractivity contribution in [3.8, 4) is 0 Å². The Morgan fingerprint density at radius 2 is 1.56 bits per heavy atom. The van der Waals surface area contributed by atoms with Crippen molar-refractivity contribution in [2.24, 2.45) is 5.92 Å². The van der Waals surface area contributed by atoms with Gasteiger partial charge in [0, 0.05) is 11.5 Å². The maximum atomic E-state index is 14.0. The Labute approximate surface area is 235 Å². The predicted octanol–water partition coefficient (Wildman–Crippen LogP) is 6.83. The lowest BCUT2D eigenvalue weighted by molar-refractivity contribution is -0.128. The van der Waals surface area contributed by atoms with Gasteiger partial charge in [-0.05, 0) is 47.7 Å². The molecule has 1 aliphatic rings. The molecule has 3 atom stereocenters. The van der Waals surface area contributed by atoms with Crippen molar-refractivity contribution in [2.75, 3.05) is 4.90 Å². The van der Waals surface area contributed by atoms with Crippen molar-refractivity contribution in [3.63, 3.8) is 0 Å². The van der Waals surface area contributed by atoms with Crippen LogP contribution in [0.5, 0.6) is 0 Å². The molecule has 3 aromatic rings. The maximum Gasteiger partial charge on any atom is 0.261 e. The molecule has 0 N–H and O–H groups in total. The SMILES string of the molecule is C=CCCC[C@H](C)C(=O)N1c2ccccc2CO[C@@H]1[C@H](C)O[Si](c1ccccc1)(c1ccccc1)C(C)(C)C. The Bertz CT molecular complexity index is 1200. The molecule has 4 nitrogen and oxygen atoms in total. The minimum atomic E-state index is -2.83. The number of para-hydroxylation sites is 1. The number of carbonyl (C=O) groups is 1. The molecular weight excluding hydrogens is 498 g/mol. The number of nitrogens with zero attached hydrogens (tertiary/aromatic N) is 1. The van der Waals surface area contributed by atoms with Crippen LogP contribution in [0.4, 0.5) is 5.69 Å². The molecule has 0 radical (unpaired) electrons. The summed E-state index contributed by atoms with van der Waals surface area (Å²) in [6.07, 6.45) is 3.66. The molecule has 0 saturated heterocycles. The Morgan fingerprint density at radius 3 is 2.13 bits per heavy atom. The summed E-state index contributed by atoms with van der Waals surface area (Å²) in [5.41, 5.74) is 1.95.